The van der Waals surface area contributed by atoms with E-state index in [1.807, 2.05) is 0 Å². The maximum atomic E-state index is 14.3. The summed E-state index contributed by atoms with van der Waals surface area (Å²) in [7, 11) is -3.82. The SMILES string of the molecule is Cc1cc(-c2noc(C(F)F)c2-c2ccc(S(C)(=O)=O)c(F)c2)ccc1F. The van der Waals surface area contributed by atoms with E-state index in [9.17, 15) is 26.0 Å². The molecule has 0 saturated carbocycles. The summed E-state index contributed by atoms with van der Waals surface area (Å²) in [6.07, 6.45) is -2.21. The molecule has 142 valence electrons. The van der Waals surface area contributed by atoms with E-state index < -0.39 is 38.6 Å². The lowest BCUT2D eigenvalue weighted by Gasteiger charge is -2.08. The topological polar surface area (TPSA) is 60.2 Å². The molecular formula is C18H13F4NO3S. The standard InChI is InChI=1S/C18H13F4NO3S/c1-9-7-11(3-5-12(9)19)16-15(17(18(21)22)26-23-16)10-4-6-14(13(20)8-10)27(2,24)25/h3-8,18H,1-2H3. The maximum absolute atomic E-state index is 14.3. The van der Waals surface area contributed by atoms with Gasteiger partial charge in [-0.05, 0) is 48.4 Å². The number of hydrogen-bond acceptors (Lipinski definition) is 4. The third-order valence-electron chi connectivity index (χ3n) is 3.97. The molecule has 0 N–H and O–H groups in total. The molecule has 4 nitrogen and oxygen atoms in total. The number of aromatic nitrogens is 1. The number of hydrogen-bond donors (Lipinski definition) is 0. The third kappa shape index (κ3) is 3.59. The van der Waals surface area contributed by atoms with Gasteiger partial charge in [0, 0.05) is 11.8 Å². The summed E-state index contributed by atoms with van der Waals surface area (Å²) in [6.45, 7) is 1.49. The Kier molecular flexibility index (Phi) is 4.81. The smallest absolute Gasteiger partial charge is 0.298 e. The molecule has 1 aromatic heterocycles. The van der Waals surface area contributed by atoms with Gasteiger partial charge in [-0.25, -0.2) is 26.0 Å². The number of rotatable bonds is 4. The summed E-state index contributed by atoms with van der Waals surface area (Å²) in [5, 5.41) is 3.64. The molecule has 27 heavy (non-hydrogen) atoms. The Balaban J connectivity index is 2.24. The fourth-order valence-electron chi connectivity index (χ4n) is 2.68. The van der Waals surface area contributed by atoms with E-state index in [2.05, 4.69) is 5.16 Å². The van der Waals surface area contributed by atoms with Crippen LogP contribution in [0, 0.1) is 18.6 Å². The van der Waals surface area contributed by atoms with Crippen molar-refractivity contribution < 1.29 is 30.5 Å². The van der Waals surface area contributed by atoms with Gasteiger partial charge in [-0.2, -0.15) is 0 Å². The van der Waals surface area contributed by atoms with Gasteiger partial charge in [0.25, 0.3) is 6.43 Å². The van der Waals surface area contributed by atoms with Crippen LogP contribution in [-0.2, 0) is 9.84 Å². The fourth-order valence-corrected chi connectivity index (χ4v) is 3.41. The Morgan fingerprint density at radius 1 is 1.00 bits per heavy atom. The highest BCUT2D eigenvalue weighted by Gasteiger charge is 2.27. The normalized spacial score (nSPS) is 12.0. The molecular weight excluding hydrogens is 386 g/mol. The number of alkyl halides is 2. The molecule has 0 saturated heterocycles. The van der Waals surface area contributed by atoms with Gasteiger partial charge in [0.1, 0.15) is 22.2 Å². The zero-order valence-electron chi connectivity index (χ0n) is 14.1. The molecule has 0 spiro atoms. The second-order valence-corrected chi connectivity index (χ2v) is 7.94. The van der Waals surface area contributed by atoms with Crippen molar-refractivity contribution in [3.8, 4) is 22.4 Å². The summed E-state index contributed by atoms with van der Waals surface area (Å²) < 4.78 is 82.4. The van der Waals surface area contributed by atoms with Crippen LogP contribution >= 0.6 is 0 Å². The number of nitrogens with zero attached hydrogens (tertiary/aromatic N) is 1. The van der Waals surface area contributed by atoms with Crippen molar-refractivity contribution in [2.24, 2.45) is 0 Å². The molecule has 9 heteroatoms. The molecule has 0 aliphatic carbocycles. The van der Waals surface area contributed by atoms with Gasteiger partial charge < -0.3 is 4.52 Å². The van der Waals surface area contributed by atoms with Crippen molar-refractivity contribution in [2.45, 2.75) is 18.2 Å². The molecule has 3 rings (SSSR count). The van der Waals surface area contributed by atoms with E-state index >= 15 is 0 Å². The van der Waals surface area contributed by atoms with Gasteiger partial charge in [-0.15, -0.1) is 0 Å². The van der Waals surface area contributed by atoms with Gasteiger partial charge in [-0.3, -0.25) is 0 Å². The zero-order chi connectivity index (χ0) is 19.9. The Hall–Kier alpha value is -2.68. The molecule has 0 aliphatic rings. The number of sulfone groups is 1. The highest BCUT2D eigenvalue weighted by Crippen LogP contribution is 2.40. The molecule has 0 bridgehead atoms. The van der Waals surface area contributed by atoms with Gasteiger partial charge in [0.05, 0.1) is 5.56 Å². The van der Waals surface area contributed by atoms with Crippen molar-refractivity contribution in [2.75, 3.05) is 6.26 Å². The molecule has 0 amide bonds. The third-order valence-corrected chi connectivity index (χ3v) is 5.10. The monoisotopic (exact) mass is 399 g/mol. The number of halogens is 4. The van der Waals surface area contributed by atoms with Crippen LogP contribution in [0.25, 0.3) is 22.4 Å². The minimum atomic E-state index is -3.82. The molecule has 1 heterocycles. The Bertz CT molecular complexity index is 1120. The minimum Gasteiger partial charge on any atom is -0.354 e. The van der Waals surface area contributed by atoms with Crippen LogP contribution in [0.5, 0.6) is 0 Å². The molecule has 0 radical (unpaired) electrons. The van der Waals surface area contributed by atoms with Crippen molar-refractivity contribution in [1.82, 2.24) is 5.16 Å². The summed E-state index contributed by atoms with van der Waals surface area (Å²) in [6, 6.07) is 6.89. The van der Waals surface area contributed by atoms with Gasteiger partial charge >= 0.3 is 0 Å². The number of benzene rings is 2. The van der Waals surface area contributed by atoms with Gasteiger partial charge in [0.2, 0.25) is 5.76 Å². The van der Waals surface area contributed by atoms with E-state index in [0.29, 0.717) is 5.56 Å². The zero-order valence-corrected chi connectivity index (χ0v) is 15.0. The van der Waals surface area contributed by atoms with Crippen molar-refractivity contribution in [1.29, 1.82) is 0 Å². The average molecular weight is 399 g/mol. The first-order chi connectivity index (χ1) is 12.6. The first kappa shape index (κ1) is 19.1. The fraction of sp³-hybridized carbons (Fsp3) is 0.167. The first-order valence-electron chi connectivity index (χ1n) is 7.64. The van der Waals surface area contributed by atoms with E-state index in [-0.39, 0.29) is 22.4 Å². The lowest BCUT2D eigenvalue weighted by Crippen LogP contribution is -2.01. The maximum Gasteiger partial charge on any atom is 0.298 e. The Morgan fingerprint density at radius 2 is 1.67 bits per heavy atom. The lowest BCUT2D eigenvalue weighted by molar-refractivity contribution is 0.113. The van der Waals surface area contributed by atoms with E-state index in [4.69, 9.17) is 4.52 Å². The first-order valence-corrected chi connectivity index (χ1v) is 9.53. The van der Waals surface area contributed by atoms with Crippen LogP contribution < -0.4 is 0 Å². The van der Waals surface area contributed by atoms with E-state index in [1.165, 1.54) is 25.1 Å². The van der Waals surface area contributed by atoms with Crippen LogP contribution in [0.1, 0.15) is 17.7 Å². The Labute approximate surface area is 152 Å². The van der Waals surface area contributed by atoms with Crippen LogP contribution in [-0.4, -0.2) is 19.8 Å². The van der Waals surface area contributed by atoms with Gasteiger partial charge in [-0.1, -0.05) is 11.2 Å². The highest BCUT2D eigenvalue weighted by molar-refractivity contribution is 7.90. The van der Waals surface area contributed by atoms with E-state index in [0.717, 1.165) is 24.5 Å². The highest BCUT2D eigenvalue weighted by atomic mass is 32.2. The molecule has 0 aliphatic heterocycles. The second kappa shape index (κ2) is 6.80. The number of aryl methyl sites for hydroxylation is 1. The molecule has 0 fully saturated rings. The van der Waals surface area contributed by atoms with Crippen molar-refractivity contribution >= 4 is 9.84 Å². The molecule has 2 aromatic carbocycles. The average Bonchev–Trinajstić information content (AvgIpc) is 3.01. The predicted molar refractivity (Wildman–Crippen MR) is 90.1 cm³/mol. The summed E-state index contributed by atoms with van der Waals surface area (Å²) >= 11 is 0. The molecule has 0 unspecified atom stereocenters. The predicted octanol–water partition coefficient (Wildman–Crippen LogP) is 4.94. The minimum absolute atomic E-state index is 0.0279. The van der Waals surface area contributed by atoms with E-state index in [1.54, 1.807) is 0 Å². The summed E-state index contributed by atoms with van der Waals surface area (Å²) in [5.41, 5.74) is 0.314. The summed E-state index contributed by atoms with van der Waals surface area (Å²) in [4.78, 5) is -0.555. The lowest BCUT2D eigenvalue weighted by atomic mass is 9.98. The van der Waals surface area contributed by atoms with Crippen LogP contribution in [0.4, 0.5) is 17.6 Å². The summed E-state index contributed by atoms with van der Waals surface area (Å²) in [5.74, 6) is -2.36. The second-order valence-electron chi connectivity index (χ2n) is 5.95. The Morgan fingerprint density at radius 3 is 2.22 bits per heavy atom. The molecule has 0 atom stereocenters. The molecule has 3 aromatic rings. The van der Waals surface area contributed by atoms with Crippen LogP contribution in [0.15, 0.2) is 45.8 Å². The van der Waals surface area contributed by atoms with Crippen molar-refractivity contribution in [3.63, 3.8) is 0 Å². The van der Waals surface area contributed by atoms with Gasteiger partial charge in [0.15, 0.2) is 9.84 Å². The van der Waals surface area contributed by atoms with Crippen molar-refractivity contribution in [3.05, 3.63) is 59.4 Å². The quantitative estimate of drug-likeness (QED) is 0.584. The largest absolute Gasteiger partial charge is 0.354 e. The van der Waals surface area contributed by atoms with Crippen LogP contribution in [0.3, 0.4) is 0 Å². The van der Waals surface area contributed by atoms with Crippen LogP contribution in [0.2, 0.25) is 0 Å².